The normalized spacial score (nSPS) is 18.3. The summed E-state index contributed by atoms with van der Waals surface area (Å²) in [4.78, 5) is 4.31. The van der Waals surface area contributed by atoms with E-state index in [1.165, 1.54) is 19.3 Å². The summed E-state index contributed by atoms with van der Waals surface area (Å²) in [6.45, 7) is 2.06. The van der Waals surface area contributed by atoms with Gasteiger partial charge in [0.15, 0.2) is 0 Å². The van der Waals surface area contributed by atoms with Crippen molar-refractivity contribution in [3.05, 3.63) is 24.0 Å². The Morgan fingerprint density at radius 3 is 2.80 bits per heavy atom. The van der Waals surface area contributed by atoms with Crippen LogP contribution in [0.5, 0.6) is 5.75 Å². The van der Waals surface area contributed by atoms with Gasteiger partial charge in [-0.25, -0.2) is 0 Å². The van der Waals surface area contributed by atoms with Gasteiger partial charge in [-0.1, -0.05) is 6.92 Å². The van der Waals surface area contributed by atoms with Gasteiger partial charge in [-0.05, 0) is 37.8 Å². The second-order valence-corrected chi connectivity index (χ2v) is 4.10. The van der Waals surface area contributed by atoms with Gasteiger partial charge in [-0.15, -0.1) is 0 Å². The third-order valence-electron chi connectivity index (χ3n) is 2.93. The van der Waals surface area contributed by atoms with Crippen molar-refractivity contribution in [2.45, 2.75) is 44.8 Å². The van der Waals surface area contributed by atoms with Crippen LogP contribution in [-0.2, 0) is 0 Å². The molecule has 1 aromatic heterocycles. The number of hydrogen-bond acceptors (Lipinski definition) is 3. The lowest BCUT2D eigenvalue weighted by Gasteiger charge is -2.26. The fourth-order valence-electron chi connectivity index (χ4n) is 1.57. The van der Waals surface area contributed by atoms with E-state index in [-0.39, 0.29) is 6.04 Å². The van der Waals surface area contributed by atoms with Crippen LogP contribution in [0.4, 0.5) is 0 Å². The maximum Gasteiger partial charge on any atom is 0.138 e. The molecule has 1 heterocycles. The fourth-order valence-corrected chi connectivity index (χ4v) is 1.57. The summed E-state index contributed by atoms with van der Waals surface area (Å²) < 4.78 is 5.72. The Balaban J connectivity index is 1.96. The number of nitrogens with zero attached hydrogens (tertiary/aromatic N) is 1. The molecule has 1 aliphatic rings. The summed E-state index contributed by atoms with van der Waals surface area (Å²) in [5.41, 5.74) is 6.82. The van der Waals surface area contributed by atoms with Gasteiger partial charge in [0.05, 0.1) is 18.0 Å². The van der Waals surface area contributed by atoms with E-state index in [0.29, 0.717) is 6.10 Å². The van der Waals surface area contributed by atoms with E-state index in [2.05, 4.69) is 11.9 Å². The molecule has 3 heteroatoms. The van der Waals surface area contributed by atoms with Crippen molar-refractivity contribution >= 4 is 0 Å². The Morgan fingerprint density at radius 1 is 1.53 bits per heavy atom. The van der Waals surface area contributed by atoms with Gasteiger partial charge in [0.25, 0.3) is 0 Å². The molecule has 0 bridgehead atoms. The lowest BCUT2D eigenvalue weighted by molar-refractivity contribution is 0.120. The first-order valence-corrected chi connectivity index (χ1v) is 5.67. The van der Waals surface area contributed by atoms with Crippen molar-refractivity contribution in [2.75, 3.05) is 0 Å². The quantitative estimate of drug-likeness (QED) is 0.823. The van der Waals surface area contributed by atoms with Crippen molar-refractivity contribution in [2.24, 2.45) is 5.73 Å². The van der Waals surface area contributed by atoms with E-state index >= 15 is 0 Å². The van der Waals surface area contributed by atoms with Crippen LogP contribution in [0.25, 0.3) is 0 Å². The minimum atomic E-state index is 0.0442. The average molecular weight is 206 g/mol. The number of aromatic nitrogens is 1. The number of pyridine rings is 1. The maximum atomic E-state index is 5.88. The molecule has 1 fully saturated rings. The lowest BCUT2D eigenvalue weighted by Crippen LogP contribution is -2.24. The number of hydrogen-bond donors (Lipinski definition) is 1. The summed E-state index contributed by atoms with van der Waals surface area (Å²) in [7, 11) is 0. The van der Waals surface area contributed by atoms with Gasteiger partial charge in [-0.2, -0.15) is 0 Å². The van der Waals surface area contributed by atoms with E-state index in [1.54, 1.807) is 6.20 Å². The molecule has 0 aromatic carbocycles. The molecule has 0 radical (unpaired) electrons. The predicted molar refractivity (Wildman–Crippen MR) is 59.7 cm³/mol. The van der Waals surface area contributed by atoms with Crippen LogP contribution >= 0.6 is 0 Å². The van der Waals surface area contributed by atoms with Gasteiger partial charge in [0.1, 0.15) is 5.75 Å². The monoisotopic (exact) mass is 206 g/mol. The lowest BCUT2D eigenvalue weighted by atomic mass is 9.96. The Hall–Kier alpha value is -1.09. The number of ether oxygens (including phenoxy) is 1. The first kappa shape index (κ1) is 10.4. The summed E-state index contributed by atoms with van der Waals surface area (Å²) >= 11 is 0. The van der Waals surface area contributed by atoms with E-state index in [1.807, 2.05) is 12.1 Å². The van der Waals surface area contributed by atoms with Crippen molar-refractivity contribution in [1.82, 2.24) is 4.98 Å². The zero-order valence-corrected chi connectivity index (χ0v) is 9.15. The number of rotatable bonds is 4. The van der Waals surface area contributed by atoms with Crippen LogP contribution in [0.1, 0.15) is 44.3 Å². The highest BCUT2D eigenvalue weighted by Gasteiger charge is 2.19. The minimum absolute atomic E-state index is 0.0442. The molecule has 82 valence electrons. The molecule has 0 amide bonds. The molecule has 0 saturated heterocycles. The Kier molecular flexibility index (Phi) is 3.21. The van der Waals surface area contributed by atoms with Crippen LogP contribution in [0.2, 0.25) is 0 Å². The van der Waals surface area contributed by atoms with E-state index < -0.39 is 0 Å². The Morgan fingerprint density at radius 2 is 2.33 bits per heavy atom. The smallest absolute Gasteiger partial charge is 0.138 e. The second kappa shape index (κ2) is 4.62. The van der Waals surface area contributed by atoms with E-state index in [0.717, 1.165) is 17.9 Å². The molecule has 1 aliphatic carbocycles. The van der Waals surface area contributed by atoms with Gasteiger partial charge >= 0.3 is 0 Å². The van der Waals surface area contributed by atoms with Crippen LogP contribution in [0.3, 0.4) is 0 Å². The third kappa shape index (κ3) is 2.48. The first-order valence-electron chi connectivity index (χ1n) is 5.67. The van der Waals surface area contributed by atoms with Gasteiger partial charge in [0, 0.05) is 6.04 Å². The second-order valence-electron chi connectivity index (χ2n) is 4.10. The SMILES string of the molecule is CC[C@@H](N)c1ccc(OC2CCC2)cn1. The zero-order chi connectivity index (χ0) is 10.7. The summed E-state index contributed by atoms with van der Waals surface area (Å²) in [6, 6.07) is 3.97. The molecular formula is C12H18N2O. The topological polar surface area (TPSA) is 48.1 Å². The van der Waals surface area contributed by atoms with Crippen molar-refractivity contribution < 1.29 is 4.74 Å². The van der Waals surface area contributed by atoms with Gasteiger partial charge < -0.3 is 10.5 Å². The standard InChI is InChI=1S/C12H18N2O/c1-2-11(13)12-7-6-10(8-14-12)15-9-4-3-5-9/h6-9,11H,2-5,13H2,1H3/t11-/m1/s1. The van der Waals surface area contributed by atoms with Crippen LogP contribution in [0.15, 0.2) is 18.3 Å². The molecule has 3 nitrogen and oxygen atoms in total. The zero-order valence-electron chi connectivity index (χ0n) is 9.15. The minimum Gasteiger partial charge on any atom is -0.489 e. The van der Waals surface area contributed by atoms with E-state index in [9.17, 15) is 0 Å². The third-order valence-corrected chi connectivity index (χ3v) is 2.93. The fraction of sp³-hybridized carbons (Fsp3) is 0.583. The van der Waals surface area contributed by atoms with Crippen molar-refractivity contribution in [3.63, 3.8) is 0 Å². The molecule has 0 aliphatic heterocycles. The van der Waals surface area contributed by atoms with Crippen LogP contribution in [0, 0.1) is 0 Å². The largest absolute Gasteiger partial charge is 0.489 e. The predicted octanol–water partition coefficient (Wildman–Crippen LogP) is 2.42. The molecule has 15 heavy (non-hydrogen) atoms. The van der Waals surface area contributed by atoms with Crippen molar-refractivity contribution in [3.8, 4) is 5.75 Å². The molecule has 2 rings (SSSR count). The molecule has 1 saturated carbocycles. The number of nitrogens with two attached hydrogens (primary N) is 1. The summed E-state index contributed by atoms with van der Waals surface area (Å²) in [6.07, 6.45) is 6.75. The van der Waals surface area contributed by atoms with Crippen LogP contribution in [-0.4, -0.2) is 11.1 Å². The van der Waals surface area contributed by atoms with Crippen LogP contribution < -0.4 is 10.5 Å². The molecule has 2 N–H and O–H groups in total. The molecule has 1 atom stereocenters. The molecule has 0 unspecified atom stereocenters. The Bertz CT molecular complexity index is 306. The molecule has 1 aromatic rings. The van der Waals surface area contributed by atoms with Gasteiger partial charge in [-0.3, -0.25) is 4.98 Å². The highest BCUT2D eigenvalue weighted by Crippen LogP contribution is 2.25. The highest BCUT2D eigenvalue weighted by molar-refractivity contribution is 5.21. The molecule has 0 spiro atoms. The van der Waals surface area contributed by atoms with E-state index in [4.69, 9.17) is 10.5 Å². The maximum absolute atomic E-state index is 5.88. The van der Waals surface area contributed by atoms with Gasteiger partial charge in [0.2, 0.25) is 0 Å². The Labute approximate surface area is 90.7 Å². The molecular weight excluding hydrogens is 188 g/mol. The van der Waals surface area contributed by atoms with Crippen molar-refractivity contribution in [1.29, 1.82) is 0 Å². The first-order chi connectivity index (χ1) is 7.29. The summed E-state index contributed by atoms with van der Waals surface area (Å²) in [5, 5.41) is 0. The summed E-state index contributed by atoms with van der Waals surface area (Å²) in [5.74, 6) is 0.867. The highest BCUT2D eigenvalue weighted by atomic mass is 16.5. The average Bonchev–Trinajstić information content (AvgIpc) is 2.23.